The summed E-state index contributed by atoms with van der Waals surface area (Å²) in [5.74, 6) is 6.91. The van der Waals surface area contributed by atoms with Crippen molar-refractivity contribution in [1.29, 1.82) is 0 Å². The van der Waals surface area contributed by atoms with Crippen LogP contribution in [-0.2, 0) is 9.53 Å². The number of ether oxygens (including phenoxy) is 2. The highest BCUT2D eigenvalue weighted by atomic mass is 32.2. The van der Waals surface area contributed by atoms with Crippen LogP contribution in [0.1, 0.15) is 29.9 Å². The number of hydrogen-bond donors (Lipinski definition) is 3. The van der Waals surface area contributed by atoms with Gasteiger partial charge in [-0.05, 0) is 44.5 Å². The van der Waals surface area contributed by atoms with Gasteiger partial charge in [0.2, 0.25) is 5.16 Å². The van der Waals surface area contributed by atoms with Crippen LogP contribution in [0.3, 0.4) is 0 Å². The first-order valence-electron chi connectivity index (χ1n) is 10.8. The molecule has 3 heterocycles. The van der Waals surface area contributed by atoms with Gasteiger partial charge in [0, 0.05) is 17.1 Å². The Labute approximate surface area is 205 Å². The van der Waals surface area contributed by atoms with E-state index in [9.17, 15) is 9.59 Å². The van der Waals surface area contributed by atoms with Crippen LogP contribution in [0.25, 0.3) is 5.95 Å². The van der Waals surface area contributed by atoms with Gasteiger partial charge in [0.05, 0.1) is 31.0 Å². The zero-order valence-electron chi connectivity index (χ0n) is 19.7. The number of nitrogens with two attached hydrogens (primary N) is 1. The Hall–Kier alpha value is -4.00. The summed E-state index contributed by atoms with van der Waals surface area (Å²) < 4.78 is 13.4. The predicted octanol–water partition coefficient (Wildman–Crippen LogP) is 1.77. The number of nitrogen functional groups attached to an aromatic ring is 1. The molecule has 0 saturated heterocycles. The average molecular weight is 499 g/mol. The van der Waals surface area contributed by atoms with E-state index in [-0.39, 0.29) is 12.4 Å². The molecule has 0 unspecified atom stereocenters. The number of aromatic nitrogens is 5. The number of hydrogen-bond acceptors (Lipinski definition) is 9. The SMILES string of the molecule is CCOC(=O)C1=C(CSc2nnc(-n3nc(C)cc3C)n2N)NC(=O)N[C@@H]1c1ccc(OC)cc1. The molecule has 0 aliphatic carbocycles. The van der Waals surface area contributed by atoms with Crippen LogP contribution in [0.5, 0.6) is 5.75 Å². The normalized spacial score (nSPS) is 15.5. The number of aryl methyl sites for hydroxylation is 2. The summed E-state index contributed by atoms with van der Waals surface area (Å²) in [4.78, 5) is 25.5. The van der Waals surface area contributed by atoms with Crippen molar-refractivity contribution in [2.24, 2.45) is 0 Å². The maximum absolute atomic E-state index is 13.0. The molecule has 3 aromatic rings. The number of benzene rings is 1. The van der Waals surface area contributed by atoms with E-state index < -0.39 is 18.0 Å². The fraction of sp³-hybridized carbons (Fsp3) is 0.318. The lowest BCUT2D eigenvalue weighted by molar-refractivity contribution is -0.139. The standard InChI is InChI=1S/C22H26N8O4S/c1-5-34-19(31)17-16(24-20(32)25-18(17)14-6-8-15(33-4)9-7-14)11-35-22-27-26-21(29(22)23)30-13(3)10-12(2)28-30/h6-10,18H,5,11,23H2,1-4H3,(H2,24,25,32)/t18-/m1/s1. The van der Waals surface area contributed by atoms with Gasteiger partial charge in [-0.1, -0.05) is 23.9 Å². The fourth-order valence-corrected chi connectivity index (χ4v) is 4.53. The van der Waals surface area contributed by atoms with Crippen molar-refractivity contribution in [2.75, 3.05) is 25.3 Å². The molecule has 2 aromatic heterocycles. The van der Waals surface area contributed by atoms with Crippen LogP contribution in [0.2, 0.25) is 0 Å². The first kappa shape index (κ1) is 24.1. The molecule has 0 spiro atoms. The van der Waals surface area contributed by atoms with Crippen molar-refractivity contribution in [3.63, 3.8) is 0 Å². The second-order valence-corrected chi connectivity index (χ2v) is 8.64. The lowest BCUT2D eigenvalue weighted by Gasteiger charge is -2.29. The highest BCUT2D eigenvalue weighted by molar-refractivity contribution is 7.99. The predicted molar refractivity (Wildman–Crippen MR) is 129 cm³/mol. The summed E-state index contributed by atoms with van der Waals surface area (Å²) in [6.07, 6.45) is 0. The number of carbonyl (C=O) groups excluding carboxylic acids is 2. The number of thioether (sulfide) groups is 1. The van der Waals surface area contributed by atoms with Gasteiger partial charge < -0.3 is 25.9 Å². The molecule has 184 valence electrons. The van der Waals surface area contributed by atoms with Crippen LogP contribution in [0.4, 0.5) is 4.79 Å². The zero-order valence-corrected chi connectivity index (χ0v) is 20.5. The van der Waals surface area contributed by atoms with Gasteiger partial charge in [-0.25, -0.2) is 18.9 Å². The Kier molecular flexibility index (Phi) is 6.96. The second kappa shape index (κ2) is 10.1. The van der Waals surface area contributed by atoms with Crippen molar-refractivity contribution >= 4 is 23.8 Å². The van der Waals surface area contributed by atoms with E-state index in [1.54, 1.807) is 43.0 Å². The highest BCUT2D eigenvalue weighted by Crippen LogP contribution is 2.31. The number of methoxy groups -OCH3 is 1. The van der Waals surface area contributed by atoms with Crippen molar-refractivity contribution < 1.29 is 19.1 Å². The molecule has 13 heteroatoms. The Balaban J connectivity index is 1.65. The molecule has 1 aliphatic heterocycles. The van der Waals surface area contributed by atoms with E-state index in [0.717, 1.165) is 11.4 Å². The van der Waals surface area contributed by atoms with E-state index in [1.165, 1.54) is 16.4 Å². The summed E-state index contributed by atoms with van der Waals surface area (Å²) in [7, 11) is 1.57. The highest BCUT2D eigenvalue weighted by Gasteiger charge is 2.34. The summed E-state index contributed by atoms with van der Waals surface area (Å²) in [6.45, 7) is 5.68. The Morgan fingerprint density at radius 3 is 2.60 bits per heavy atom. The Morgan fingerprint density at radius 2 is 1.97 bits per heavy atom. The molecule has 12 nitrogen and oxygen atoms in total. The van der Waals surface area contributed by atoms with Crippen molar-refractivity contribution in [3.05, 3.63) is 58.6 Å². The Bertz CT molecular complexity index is 1280. The molecule has 1 aromatic carbocycles. The number of nitrogens with zero attached hydrogens (tertiary/aromatic N) is 5. The molecule has 1 aliphatic rings. The van der Waals surface area contributed by atoms with Crippen LogP contribution in [0.15, 0.2) is 46.8 Å². The molecular weight excluding hydrogens is 472 g/mol. The number of carbonyl (C=O) groups is 2. The van der Waals surface area contributed by atoms with Gasteiger partial charge in [-0.15, -0.1) is 10.2 Å². The summed E-state index contributed by atoms with van der Waals surface area (Å²) in [5.41, 5.74) is 3.09. The molecule has 0 fully saturated rings. The van der Waals surface area contributed by atoms with E-state index in [2.05, 4.69) is 25.9 Å². The molecule has 4 rings (SSSR count). The lowest BCUT2D eigenvalue weighted by atomic mass is 9.95. The lowest BCUT2D eigenvalue weighted by Crippen LogP contribution is -2.46. The molecule has 2 amide bonds. The van der Waals surface area contributed by atoms with Gasteiger partial charge in [-0.2, -0.15) is 5.10 Å². The number of rotatable bonds is 8. The zero-order chi connectivity index (χ0) is 25.1. The van der Waals surface area contributed by atoms with Crippen molar-refractivity contribution in [1.82, 2.24) is 35.3 Å². The number of amides is 2. The van der Waals surface area contributed by atoms with Gasteiger partial charge in [0.1, 0.15) is 5.75 Å². The molecule has 1 atom stereocenters. The molecule has 4 N–H and O–H groups in total. The molecule has 35 heavy (non-hydrogen) atoms. The Morgan fingerprint density at radius 1 is 1.23 bits per heavy atom. The van der Waals surface area contributed by atoms with Crippen LogP contribution in [-0.4, -0.2) is 56.1 Å². The largest absolute Gasteiger partial charge is 0.497 e. The minimum Gasteiger partial charge on any atom is -0.497 e. The van der Waals surface area contributed by atoms with Gasteiger partial charge in [-0.3, -0.25) is 0 Å². The minimum absolute atomic E-state index is 0.190. The number of urea groups is 1. The number of nitrogens with one attached hydrogen (secondary N) is 2. The first-order chi connectivity index (χ1) is 16.8. The molecule has 0 radical (unpaired) electrons. The van der Waals surface area contributed by atoms with Crippen LogP contribution < -0.4 is 21.2 Å². The third-order valence-electron chi connectivity index (χ3n) is 5.29. The molecule has 0 saturated carbocycles. The minimum atomic E-state index is -0.703. The van der Waals surface area contributed by atoms with Gasteiger partial charge in [0.15, 0.2) is 0 Å². The average Bonchev–Trinajstić information content (AvgIpc) is 3.37. The monoisotopic (exact) mass is 498 g/mol. The van der Waals surface area contributed by atoms with Crippen molar-refractivity contribution in [3.8, 4) is 11.7 Å². The van der Waals surface area contributed by atoms with Crippen LogP contribution >= 0.6 is 11.8 Å². The van der Waals surface area contributed by atoms with E-state index in [0.29, 0.717) is 33.7 Å². The van der Waals surface area contributed by atoms with E-state index in [4.69, 9.17) is 15.3 Å². The molecular formula is C22H26N8O4S. The summed E-state index contributed by atoms with van der Waals surface area (Å²) in [6, 6.07) is 7.86. The topological polar surface area (TPSA) is 151 Å². The third kappa shape index (κ3) is 4.94. The van der Waals surface area contributed by atoms with Gasteiger partial charge >= 0.3 is 12.0 Å². The summed E-state index contributed by atoms with van der Waals surface area (Å²) >= 11 is 1.22. The van der Waals surface area contributed by atoms with E-state index in [1.807, 2.05) is 19.9 Å². The first-order valence-corrected chi connectivity index (χ1v) is 11.8. The van der Waals surface area contributed by atoms with E-state index >= 15 is 0 Å². The number of esters is 1. The second-order valence-electron chi connectivity index (χ2n) is 7.70. The summed E-state index contributed by atoms with van der Waals surface area (Å²) in [5, 5.41) is 18.6. The van der Waals surface area contributed by atoms with Gasteiger partial charge in [0.25, 0.3) is 5.95 Å². The quantitative estimate of drug-likeness (QED) is 0.240. The smallest absolute Gasteiger partial charge is 0.338 e. The maximum Gasteiger partial charge on any atom is 0.338 e. The molecule has 0 bridgehead atoms. The maximum atomic E-state index is 13.0. The van der Waals surface area contributed by atoms with Crippen LogP contribution in [0, 0.1) is 13.8 Å². The fourth-order valence-electron chi connectivity index (χ4n) is 3.71. The van der Waals surface area contributed by atoms with Crippen molar-refractivity contribution in [2.45, 2.75) is 32.0 Å². The third-order valence-corrected chi connectivity index (χ3v) is 6.26.